The molecule has 14 heteroatoms. The molecule has 9 radical (unpaired) electrons. The van der Waals surface area contributed by atoms with Crippen molar-refractivity contribution in [2.45, 2.75) is 93.1 Å². The fourth-order valence-corrected chi connectivity index (χ4v) is 7.43. The van der Waals surface area contributed by atoms with Gasteiger partial charge in [-0.3, -0.25) is 9.68 Å². The van der Waals surface area contributed by atoms with Gasteiger partial charge in [-0.2, -0.15) is 5.06 Å². The van der Waals surface area contributed by atoms with E-state index in [4.69, 9.17) is 47.4 Å². The van der Waals surface area contributed by atoms with E-state index in [9.17, 15) is 0 Å². The Hall–Kier alpha value is 3.19. The molecule has 6 rings (SSSR count). The first-order valence-corrected chi connectivity index (χ1v) is 13.6. The van der Waals surface area contributed by atoms with Gasteiger partial charge in [-0.15, -0.1) is 0 Å². The van der Waals surface area contributed by atoms with E-state index in [2.05, 4.69) is 59.0 Å². The molecule has 0 saturated carbocycles. The van der Waals surface area contributed by atoms with Gasteiger partial charge in [0.15, 0.2) is 0 Å². The third-order valence-corrected chi connectivity index (χ3v) is 9.06. The number of hydrogen-bond acceptors (Lipinski definition) is 8. The molecule has 43 heavy (non-hydrogen) atoms. The zero-order chi connectivity index (χ0) is 27.3. The minimum absolute atomic E-state index is 0. The molecule has 0 aromatic rings. The molecule has 6 bridgehead atoms. The molecule has 0 aliphatic carbocycles. The fourth-order valence-electron chi connectivity index (χ4n) is 7.43. The van der Waals surface area contributed by atoms with E-state index in [-0.39, 0.29) is 167 Å². The van der Waals surface area contributed by atoms with E-state index in [1.54, 1.807) is 5.06 Å². The van der Waals surface area contributed by atoms with Crippen molar-refractivity contribution in [1.29, 1.82) is 0 Å². The van der Waals surface area contributed by atoms with E-state index in [0.717, 1.165) is 25.8 Å². The van der Waals surface area contributed by atoms with Crippen molar-refractivity contribution in [3.63, 3.8) is 0 Å². The molecule has 237 valence electrons. The number of likely N-dealkylation sites (tertiary alicyclic amines) is 1. The molecular formula is C29H52B3N3O5Y3-6. The summed E-state index contributed by atoms with van der Waals surface area (Å²) in [4.78, 5) is 13.2. The molecule has 0 aromatic heterocycles. The number of likely N-dealkylation sites (N-methyl/N-ethyl adjacent to an activating group) is 2. The van der Waals surface area contributed by atoms with Crippen molar-refractivity contribution in [3.8, 4) is 0 Å². The summed E-state index contributed by atoms with van der Waals surface area (Å²) in [6, 6.07) is -0.409. The molecule has 0 spiro atoms. The number of morpholine rings is 1. The molecule has 6 heterocycles. The smallest absolute Gasteiger partial charge is 0.112 e. The van der Waals surface area contributed by atoms with Crippen LogP contribution >= 0.6 is 0 Å². The molecule has 6 saturated heterocycles. The van der Waals surface area contributed by atoms with Crippen LogP contribution in [0.3, 0.4) is 0 Å². The summed E-state index contributed by atoms with van der Waals surface area (Å²) in [6.07, 6.45) is 3.02. The van der Waals surface area contributed by atoms with Crippen LogP contribution in [0.25, 0.3) is 0 Å². The molecule has 0 aromatic carbocycles. The van der Waals surface area contributed by atoms with Crippen LogP contribution in [0.5, 0.6) is 0 Å². The summed E-state index contributed by atoms with van der Waals surface area (Å²) in [6.45, 7) is 20.9. The Morgan fingerprint density at radius 2 is 1.14 bits per heavy atom. The number of rotatable bonds is 3. The quantitative estimate of drug-likeness (QED) is 0.344. The van der Waals surface area contributed by atoms with Crippen LogP contribution in [0.15, 0.2) is 0 Å². The summed E-state index contributed by atoms with van der Waals surface area (Å²) < 4.78 is 16.8. The van der Waals surface area contributed by atoms with E-state index < -0.39 is 0 Å². The molecule has 6 aliphatic rings. The van der Waals surface area contributed by atoms with Crippen LogP contribution in [-0.2, 0) is 122 Å². The first kappa shape index (κ1) is 50.6. The van der Waals surface area contributed by atoms with Crippen LogP contribution in [0.1, 0.15) is 40.0 Å². The Balaban J connectivity index is -0.000000522. The van der Waals surface area contributed by atoms with Crippen molar-refractivity contribution in [2.75, 3.05) is 33.7 Å². The average Bonchev–Trinajstić information content (AvgIpc) is 3.32. The first-order chi connectivity index (χ1) is 17.3. The van der Waals surface area contributed by atoms with Crippen LogP contribution in [-0.4, -0.2) is 120 Å². The minimum atomic E-state index is -0.378. The Bertz CT molecular complexity index is 796. The van der Waals surface area contributed by atoms with Crippen molar-refractivity contribution >= 4 is 23.5 Å². The van der Waals surface area contributed by atoms with Gasteiger partial charge in [0.1, 0.15) is 23.5 Å². The fraction of sp³-hybridized carbons (Fsp3) is 0.793. The zero-order valence-corrected chi connectivity index (χ0v) is 36.5. The average molecular weight is 822 g/mol. The zero-order valence-electron chi connectivity index (χ0n) is 28.0. The van der Waals surface area contributed by atoms with Gasteiger partial charge in [-0.25, -0.2) is 5.48 Å². The third-order valence-electron chi connectivity index (χ3n) is 9.06. The van der Waals surface area contributed by atoms with Crippen molar-refractivity contribution in [1.82, 2.24) is 15.4 Å². The molecule has 6 fully saturated rings. The summed E-state index contributed by atoms with van der Waals surface area (Å²) in [5, 5.41) is 1.77. The van der Waals surface area contributed by atoms with Crippen molar-refractivity contribution < 1.29 is 122 Å². The molecule has 12 atom stereocenters. The number of hydrogen-bond donors (Lipinski definition) is 1. The normalized spacial score (nSPS) is 45.1. The van der Waals surface area contributed by atoms with Gasteiger partial charge in [-0.05, 0) is 48.1 Å². The maximum Gasteiger partial charge on any atom is 0.112 e. The topological polar surface area (TPSA) is 64.7 Å². The minimum Gasteiger partial charge on any atom is -0.410 e. The molecule has 0 amide bonds. The van der Waals surface area contributed by atoms with Crippen molar-refractivity contribution in [2.24, 2.45) is 17.8 Å². The number of nitrogens with zero attached hydrogens (tertiary/aromatic N) is 2. The van der Waals surface area contributed by atoms with E-state index in [0.29, 0.717) is 36.9 Å². The predicted octanol–water partition coefficient (Wildman–Crippen LogP) is 2.14. The molecule has 1 N–H and O–H groups in total. The van der Waals surface area contributed by atoms with Crippen LogP contribution in [0.4, 0.5) is 0 Å². The van der Waals surface area contributed by atoms with Gasteiger partial charge < -0.3 is 62.2 Å². The summed E-state index contributed by atoms with van der Waals surface area (Å²) in [5.74, 6) is 1.14. The van der Waals surface area contributed by atoms with Crippen LogP contribution in [0, 0.1) is 60.8 Å². The Morgan fingerprint density at radius 3 is 1.53 bits per heavy atom. The van der Waals surface area contributed by atoms with Gasteiger partial charge in [0.25, 0.3) is 0 Å². The SMILES string of the molecule is [B][C@@H]1O[C@@]2([CH2-])CN(C)O[C@H]1[C@H]2CC.[B][C@@H]1O[C@@]2([CH2-])CN(C)[C@H]1[C@H]2CC.[B][C@@H]1O[C@@]2([CH2-])CNO[C@H]1[C@H]2CC.[CH3-].[CH3-].[CH3-].[Y].[Y].[Y]. The second-order valence-corrected chi connectivity index (χ2v) is 11.7. The Labute approximate surface area is 344 Å². The monoisotopic (exact) mass is 822 g/mol. The first-order valence-electron chi connectivity index (χ1n) is 13.6. The van der Waals surface area contributed by atoms with E-state index >= 15 is 0 Å². The van der Waals surface area contributed by atoms with Gasteiger partial charge in [0.05, 0.1) is 12.2 Å². The van der Waals surface area contributed by atoms with Gasteiger partial charge >= 0.3 is 0 Å². The molecule has 6 aliphatic heterocycles. The van der Waals surface area contributed by atoms with Gasteiger partial charge in [0, 0.05) is 142 Å². The van der Waals surface area contributed by atoms with Gasteiger partial charge in [-0.1, -0.05) is 40.0 Å². The number of ether oxygens (including phenoxy) is 3. The van der Waals surface area contributed by atoms with Crippen LogP contribution in [0.2, 0.25) is 0 Å². The maximum absolute atomic E-state index is 5.86. The Morgan fingerprint density at radius 1 is 0.698 bits per heavy atom. The largest absolute Gasteiger partial charge is 0.410 e. The van der Waals surface area contributed by atoms with Gasteiger partial charge in [0.2, 0.25) is 0 Å². The molecule has 8 nitrogen and oxygen atoms in total. The van der Waals surface area contributed by atoms with E-state index in [1.807, 2.05) is 7.05 Å². The predicted molar refractivity (Wildman–Crippen MR) is 164 cm³/mol. The standard InChI is InChI=1S/C9H15BNO2.C9H15BNO.C8H13BNO2.3CH3.3Y/c1-4-6-7-8(10)12-9(6,2)5-11(3)13-7;1-4-6-7-8(10)12-9(6,2)5-11(7)3;1-3-5-6-7(9)11-8(5,2)4-10-12-6;;;;;;/h6-8H,2,4-5H2,1,3H3;6-8H,2,4-5H2,1,3H3;5-7,10H,2-4H2,1H3;3*1H3;;;/q6*-1;;;/t2*6-,7+,8-,9+;5-,6+,7-,8+;;;;;;/m111....../s1. The number of fused-ring (bicyclic) bond motifs is 6. The maximum atomic E-state index is 5.86. The van der Waals surface area contributed by atoms with Crippen molar-refractivity contribution in [3.05, 3.63) is 43.1 Å². The Kier molecular flexibility index (Phi) is 23.7. The summed E-state index contributed by atoms with van der Waals surface area (Å²) in [5.41, 5.74) is 1.84. The van der Waals surface area contributed by atoms with E-state index in [1.165, 1.54) is 0 Å². The molecular weight excluding hydrogens is 769 g/mol. The third kappa shape index (κ3) is 10.1. The molecule has 0 unspecified atom stereocenters. The summed E-state index contributed by atoms with van der Waals surface area (Å²) in [7, 11) is 21.4. The second kappa shape index (κ2) is 20.1. The summed E-state index contributed by atoms with van der Waals surface area (Å²) >= 11 is 0. The van der Waals surface area contributed by atoms with Crippen LogP contribution < -0.4 is 5.48 Å². The second-order valence-electron chi connectivity index (χ2n) is 11.7. The number of hydroxylamine groups is 3. The number of nitrogens with one attached hydrogen (secondary N) is 1.